The summed E-state index contributed by atoms with van der Waals surface area (Å²) in [7, 11) is 2.11. The summed E-state index contributed by atoms with van der Waals surface area (Å²) in [6.07, 6.45) is 4.45. The number of aromatic nitrogens is 1. The van der Waals surface area contributed by atoms with E-state index in [0.29, 0.717) is 0 Å². The van der Waals surface area contributed by atoms with Crippen LogP contribution in [-0.4, -0.2) is 7.05 Å². The summed E-state index contributed by atoms with van der Waals surface area (Å²) in [5, 5.41) is 3.29. The minimum atomic E-state index is 0.783. The molecule has 0 amide bonds. The Bertz CT molecular complexity index is 1010. The average Bonchev–Trinajstić information content (AvgIpc) is 2.90. The van der Waals surface area contributed by atoms with Gasteiger partial charge in [0.05, 0.1) is 16.1 Å². The van der Waals surface area contributed by atoms with Crippen molar-refractivity contribution in [1.82, 2.24) is 0 Å². The lowest BCUT2D eigenvalue weighted by Crippen LogP contribution is -2.32. The molecule has 1 aromatic heterocycles. The van der Waals surface area contributed by atoms with Crippen LogP contribution in [0.15, 0.2) is 58.6 Å². The van der Waals surface area contributed by atoms with Crippen molar-refractivity contribution in [3.63, 3.8) is 0 Å². The van der Waals surface area contributed by atoms with Gasteiger partial charge >= 0.3 is 0 Å². The van der Waals surface area contributed by atoms with Crippen LogP contribution in [0.1, 0.15) is 18.1 Å². The molecule has 4 rings (SSSR count). The van der Waals surface area contributed by atoms with Crippen molar-refractivity contribution in [2.75, 3.05) is 11.9 Å². The van der Waals surface area contributed by atoms with E-state index in [9.17, 15) is 0 Å². The van der Waals surface area contributed by atoms with Crippen LogP contribution in [-0.2, 0) is 6.54 Å². The van der Waals surface area contributed by atoms with Gasteiger partial charge in [-0.1, -0.05) is 35.0 Å². The zero-order valence-corrected chi connectivity index (χ0v) is 16.2. The minimum Gasteiger partial charge on any atom is -0.338 e. The van der Waals surface area contributed by atoms with E-state index in [0.717, 1.165) is 11.6 Å². The number of fused-ring (bicyclic) bond motifs is 2. The highest BCUT2D eigenvalue weighted by Crippen LogP contribution is 2.46. The molecule has 0 aliphatic carbocycles. The zero-order valence-electron chi connectivity index (χ0n) is 14.6. The van der Waals surface area contributed by atoms with E-state index in [1.165, 1.54) is 37.6 Å². The van der Waals surface area contributed by atoms with Gasteiger partial charge in [-0.05, 0) is 49.8 Å². The second kappa shape index (κ2) is 6.40. The molecule has 3 aromatic rings. The molecule has 0 saturated heterocycles. The molecule has 0 radical (unpaired) electrons. The molecule has 0 saturated carbocycles. The fourth-order valence-corrected chi connectivity index (χ4v) is 4.66. The van der Waals surface area contributed by atoms with E-state index >= 15 is 0 Å². The van der Waals surface area contributed by atoms with Gasteiger partial charge in [0, 0.05) is 29.1 Å². The van der Waals surface area contributed by atoms with Gasteiger partial charge < -0.3 is 4.90 Å². The smallest absolute Gasteiger partial charge is 0.213 e. The lowest BCUT2D eigenvalue weighted by molar-refractivity contribution is -0.667. The second-order valence-electron chi connectivity index (χ2n) is 6.33. The molecule has 2 aromatic carbocycles. The topological polar surface area (TPSA) is 7.12 Å². The standard InChI is InChI=1S/C21H20ClN2S/c1-4-24-10-9-15(17-11-14(2)5-7-18(17)24)12-21-23(3)19-8-6-16(22)13-20(19)25-21/h5-13H,4H2,1-3H3/q+1. The van der Waals surface area contributed by atoms with Gasteiger partial charge in [-0.25, -0.2) is 0 Å². The van der Waals surface area contributed by atoms with E-state index in [-0.39, 0.29) is 0 Å². The number of nitrogens with zero attached hydrogens (tertiary/aromatic N) is 2. The van der Waals surface area contributed by atoms with Crippen LogP contribution in [0, 0.1) is 6.92 Å². The summed E-state index contributed by atoms with van der Waals surface area (Å²) in [5.41, 5.74) is 5.01. The zero-order chi connectivity index (χ0) is 17.6. The number of halogens is 1. The van der Waals surface area contributed by atoms with Crippen molar-refractivity contribution in [3.8, 4) is 0 Å². The molecule has 0 unspecified atom stereocenters. The Morgan fingerprint density at radius 3 is 2.80 bits per heavy atom. The highest BCUT2D eigenvalue weighted by Gasteiger charge is 2.22. The van der Waals surface area contributed by atoms with Gasteiger partial charge in [0.2, 0.25) is 5.52 Å². The highest BCUT2D eigenvalue weighted by molar-refractivity contribution is 8.03. The van der Waals surface area contributed by atoms with Crippen LogP contribution in [0.25, 0.3) is 17.0 Å². The molecular weight excluding hydrogens is 348 g/mol. The fourth-order valence-electron chi connectivity index (χ4n) is 3.28. The Morgan fingerprint density at radius 1 is 1.16 bits per heavy atom. The fraction of sp³-hybridized carbons (Fsp3) is 0.190. The molecule has 126 valence electrons. The van der Waals surface area contributed by atoms with Crippen molar-refractivity contribution in [2.45, 2.75) is 25.3 Å². The second-order valence-corrected chi connectivity index (χ2v) is 7.83. The Hall–Kier alpha value is -1.97. The van der Waals surface area contributed by atoms with Crippen LogP contribution in [0.3, 0.4) is 0 Å². The lowest BCUT2D eigenvalue weighted by Gasteiger charge is -2.14. The first-order chi connectivity index (χ1) is 12.1. The van der Waals surface area contributed by atoms with E-state index in [1.54, 1.807) is 11.8 Å². The maximum atomic E-state index is 6.15. The Morgan fingerprint density at radius 2 is 2.00 bits per heavy atom. The summed E-state index contributed by atoms with van der Waals surface area (Å²) in [6, 6.07) is 15.0. The van der Waals surface area contributed by atoms with Gasteiger partial charge in [-0.2, -0.15) is 4.57 Å². The van der Waals surface area contributed by atoms with Gasteiger partial charge in [-0.3, -0.25) is 0 Å². The quantitative estimate of drug-likeness (QED) is 0.540. The predicted octanol–water partition coefficient (Wildman–Crippen LogP) is 5.65. The normalized spacial score (nSPS) is 15.2. The number of hydrogen-bond acceptors (Lipinski definition) is 2. The first-order valence-corrected chi connectivity index (χ1v) is 9.62. The molecule has 0 fully saturated rings. The lowest BCUT2D eigenvalue weighted by atomic mass is 10.1. The highest BCUT2D eigenvalue weighted by atomic mass is 35.5. The first kappa shape index (κ1) is 16.5. The summed E-state index contributed by atoms with van der Waals surface area (Å²) in [6.45, 7) is 5.29. The van der Waals surface area contributed by atoms with Crippen LogP contribution < -0.4 is 9.47 Å². The monoisotopic (exact) mass is 367 g/mol. The van der Waals surface area contributed by atoms with Gasteiger partial charge in [0.1, 0.15) is 6.54 Å². The summed E-state index contributed by atoms with van der Waals surface area (Å²) >= 11 is 7.93. The van der Waals surface area contributed by atoms with Gasteiger partial charge in [0.15, 0.2) is 6.20 Å². The maximum absolute atomic E-state index is 6.15. The average molecular weight is 368 g/mol. The molecule has 4 heteroatoms. The van der Waals surface area contributed by atoms with E-state index in [4.69, 9.17) is 11.6 Å². The Kier molecular flexibility index (Phi) is 4.22. The van der Waals surface area contributed by atoms with Crippen molar-refractivity contribution >= 4 is 46.0 Å². The summed E-state index contributed by atoms with van der Waals surface area (Å²) in [5.74, 6) is 0. The molecule has 0 N–H and O–H groups in total. The molecule has 25 heavy (non-hydrogen) atoms. The predicted molar refractivity (Wildman–Crippen MR) is 108 cm³/mol. The Balaban J connectivity index is 1.84. The van der Waals surface area contributed by atoms with Crippen molar-refractivity contribution < 1.29 is 4.57 Å². The van der Waals surface area contributed by atoms with E-state index in [1.807, 2.05) is 12.1 Å². The molecule has 1 aliphatic rings. The van der Waals surface area contributed by atoms with Gasteiger partial charge in [-0.15, -0.1) is 0 Å². The van der Waals surface area contributed by atoms with Crippen LogP contribution in [0.5, 0.6) is 0 Å². The largest absolute Gasteiger partial charge is 0.338 e. The number of pyridine rings is 1. The van der Waals surface area contributed by atoms with Crippen molar-refractivity contribution in [3.05, 3.63) is 69.8 Å². The molecule has 2 heterocycles. The van der Waals surface area contributed by atoms with Crippen LogP contribution in [0.2, 0.25) is 5.02 Å². The third kappa shape index (κ3) is 2.92. The van der Waals surface area contributed by atoms with E-state index < -0.39 is 0 Å². The molecular formula is C21H20ClN2S+. The maximum Gasteiger partial charge on any atom is 0.213 e. The first-order valence-electron chi connectivity index (χ1n) is 8.42. The van der Waals surface area contributed by atoms with Crippen molar-refractivity contribution in [2.24, 2.45) is 0 Å². The molecule has 2 nitrogen and oxygen atoms in total. The van der Waals surface area contributed by atoms with Crippen LogP contribution in [0.4, 0.5) is 5.69 Å². The number of thioether (sulfide) groups is 1. The molecule has 0 spiro atoms. The third-order valence-electron chi connectivity index (χ3n) is 4.65. The number of rotatable bonds is 2. The number of anilines is 1. The minimum absolute atomic E-state index is 0.783. The van der Waals surface area contributed by atoms with Crippen LogP contribution >= 0.6 is 23.4 Å². The molecule has 0 atom stereocenters. The van der Waals surface area contributed by atoms with Gasteiger partial charge in [0.25, 0.3) is 0 Å². The number of hydrogen-bond donors (Lipinski definition) is 0. The number of benzene rings is 2. The summed E-state index contributed by atoms with van der Waals surface area (Å²) < 4.78 is 2.29. The molecule has 0 bridgehead atoms. The SMILES string of the molecule is CC[n+]1ccc(/C=C2/Sc3cc(Cl)ccc3N2C)c2cc(C)ccc21. The third-order valence-corrected chi connectivity index (χ3v) is 6.04. The Labute approximate surface area is 157 Å². The molecule has 1 aliphatic heterocycles. The van der Waals surface area contributed by atoms with E-state index in [2.05, 4.69) is 73.0 Å². The summed E-state index contributed by atoms with van der Waals surface area (Å²) in [4.78, 5) is 3.44. The van der Waals surface area contributed by atoms with Crippen molar-refractivity contribution in [1.29, 1.82) is 0 Å². The number of aryl methyl sites for hydroxylation is 2.